The van der Waals surface area contributed by atoms with Crippen LogP contribution in [0.5, 0.6) is 0 Å². The molecule has 1 atom stereocenters. The van der Waals surface area contributed by atoms with Crippen LogP contribution < -0.4 is 5.32 Å². The molecule has 2 aromatic rings. The summed E-state index contributed by atoms with van der Waals surface area (Å²) in [5.74, 6) is 0. The summed E-state index contributed by atoms with van der Waals surface area (Å²) in [6, 6.07) is 8.65. The lowest BCUT2D eigenvalue weighted by Gasteiger charge is -2.20. The normalized spacial score (nSPS) is 12.4. The maximum Gasteiger partial charge on any atom is 0.0592 e. The molecule has 0 bridgehead atoms. The molecular weight excluding hydrogens is 288 g/mol. The van der Waals surface area contributed by atoms with E-state index in [4.69, 9.17) is 0 Å². The fraction of sp³-hybridized carbons (Fsp3) is 0.267. The van der Waals surface area contributed by atoms with Crippen LogP contribution >= 0.6 is 15.9 Å². The van der Waals surface area contributed by atoms with Gasteiger partial charge in [0, 0.05) is 16.9 Å². The molecule has 2 nitrogen and oxygen atoms in total. The van der Waals surface area contributed by atoms with E-state index >= 15 is 0 Å². The van der Waals surface area contributed by atoms with Crippen molar-refractivity contribution in [2.75, 3.05) is 7.05 Å². The van der Waals surface area contributed by atoms with Gasteiger partial charge in [0.15, 0.2) is 0 Å². The Labute approximate surface area is 117 Å². The number of aromatic nitrogens is 1. The van der Waals surface area contributed by atoms with E-state index in [2.05, 4.69) is 64.3 Å². The number of halogens is 1. The van der Waals surface area contributed by atoms with E-state index in [1.165, 1.54) is 22.3 Å². The lowest BCUT2D eigenvalue weighted by atomic mass is 9.95. The summed E-state index contributed by atoms with van der Waals surface area (Å²) < 4.78 is 1.14. The number of hydrogen-bond donors (Lipinski definition) is 1. The van der Waals surface area contributed by atoms with Gasteiger partial charge in [0.05, 0.1) is 6.04 Å². The first kappa shape index (κ1) is 13.2. The van der Waals surface area contributed by atoms with Gasteiger partial charge < -0.3 is 5.32 Å². The number of benzene rings is 1. The molecule has 0 fully saturated rings. The van der Waals surface area contributed by atoms with Crippen LogP contribution in [0.1, 0.15) is 28.3 Å². The molecular formula is C15H17BrN2. The summed E-state index contributed by atoms with van der Waals surface area (Å²) in [7, 11) is 1.98. The fourth-order valence-corrected chi connectivity index (χ4v) is 2.56. The van der Waals surface area contributed by atoms with Crippen LogP contribution in [-0.4, -0.2) is 12.0 Å². The van der Waals surface area contributed by atoms with Gasteiger partial charge in [0.1, 0.15) is 0 Å². The second-order valence-electron chi connectivity index (χ2n) is 4.47. The van der Waals surface area contributed by atoms with Gasteiger partial charge in [-0.15, -0.1) is 0 Å². The van der Waals surface area contributed by atoms with Crippen molar-refractivity contribution in [3.05, 3.63) is 63.4 Å². The largest absolute Gasteiger partial charge is 0.309 e. The first-order valence-electron chi connectivity index (χ1n) is 5.97. The van der Waals surface area contributed by atoms with Crippen molar-refractivity contribution in [3.8, 4) is 0 Å². The van der Waals surface area contributed by atoms with E-state index in [1.54, 1.807) is 0 Å². The van der Waals surface area contributed by atoms with Crippen molar-refractivity contribution < 1.29 is 0 Å². The maximum absolute atomic E-state index is 4.28. The molecule has 0 amide bonds. The van der Waals surface area contributed by atoms with Crippen molar-refractivity contribution in [1.29, 1.82) is 0 Å². The molecule has 94 valence electrons. The Kier molecular flexibility index (Phi) is 4.15. The molecule has 0 aliphatic heterocycles. The average Bonchev–Trinajstić information content (AvgIpc) is 2.35. The highest BCUT2D eigenvalue weighted by molar-refractivity contribution is 9.10. The Morgan fingerprint density at radius 3 is 2.67 bits per heavy atom. The molecule has 0 spiro atoms. The van der Waals surface area contributed by atoms with Crippen molar-refractivity contribution in [2.24, 2.45) is 0 Å². The summed E-state index contributed by atoms with van der Waals surface area (Å²) in [4.78, 5) is 4.28. The van der Waals surface area contributed by atoms with Gasteiger partial charge in [-0.25, -0.2) is 0 Å². The second kappa shape index (κ2) is 5.63. The van der Waals surface area contributed by atoms with Crippen LogP contribution in [-0.2, 0) is 0 Å². The van der Waals surface area contributed by atoms with Crippen molar-refractivity contribution >= 4 is 15.9 Å². The Hall–Kier alpha value is -1.19. The summed E-state index contributed by atoms with van der Waals surface area (Å²) in [6.07, 6.45) is 3.80. The standard InChI is InChI=1S/C15H17BrN2/c1-10-7-12(9-18-8-10)15(17-3)13-5-4-6-14(16)11(13)2/h4-9,15,17H,1-3H3. The molecule has 1 aromatic carbocycles. The SMILES string of the molecule is CNC(c1cncc(C)c1)c1cccc(Br)c1C. The summed E-state index contributed by atoms with van der Waals surface area (Å²) in [6.45, 7) is 4.20. The second-order valence-corrected chi connectivity index (χ2v) is 5.33. The van der Waals surface area contributed by atoms with Crippen molar-refractivity contribution in [2.45, 2.75) is 19.9 Å². The van der Waals surface area contributed by atoms with E-state index in [0.29, 0.717) is 0 Å². The van der Waals surface area contributed by atoms with Gasteiger partial charge in [-0.2, -0.15) is 0 Å². The Morgan fingerprint density at radius 1 is 1.22 bits per heavy atom. The summed E-state index contributed by atoms with van der Waals surface area (Å²) >= 11 is 3.59. The van der Waals surface area contributed by atoms with Crippen LogP contribution in [0.4, 0.5) is 0 Å². The number of nitrogens with zero attached hydrogens (tertiary/aromatic N) is 1. The molecule has 1 aromatic heterocycles. The highest BCUT2D eigenvalue weighted by Gasteiger charge is 2.15. The third-order valence-electron chi connectivity index (χ3n) is 3.14. The molecule has 18 heavy (non-hydrogen) atoms. The van der Waals surface area contributed by atoms with E-state index in [0.717, 1.165) is 4.47 Å². The third-order valence-corrected chi connectivity index (χ3v) is 4.00. The molecule has 1 heterocycles. The van der Waals surface area contributed by atoms with Crippen LogP contribution in [0.3, 0.4) is 0 Å². The lowest BCUT2D eigenvalue weighted by Crippen LogP contribution is -2.19. The molecule has 0 aliphatic carbocycles. The topological polar surface area (TPSA) is 24.9 Å². The maximum atomic E-state index is 4.28. The predicted octanol–water partition coefficient (Wildman–Crippen LogP) is 3.77. The summed E-state index contributed by atoms with van der Waals surface area (Å²) in [5.41, 5.74) is 4.91. The van der Waals surface area contributed by atoms with Crippen LogP contribution in [0.15, 0.2) is 41.1 Å². The number of nitrogens with one attached hydrogen (secondary N) is 1. The highest BCUT2D eigenvalue weighted by atomic mass is 79.9. The first-order chi connectivity index (χ1) is 8.63. The van der Waals surface area contributed by atoms with E-state index < -0.39 is 0 Å². The molecule has 1 unspecified atom stereocenters. The molecule has 0 saturated carbocycles. The quantitative estimate of drug-likeness (QED) is 0.933. The predicted molar refractivity (Wildman–Crippen MR) is 78.8 cm³/mol. The summed E-state index contributed by atoms with van der Waals surface area (Å²) in [5, 5.41) is 3.37. The molecule has 2 rings (SSSR count). The molecule has 0 radical (unpaired) electrons. The van der Waals surface area contributed by atoms with E-state index in [-0.39, 0.29) is 6.04 Å². The number of aryl methyl sites for hydroxylation is 1. The van der Waals surface area contributed by atoms with Crippen molar-refractivity contribution in [3.63, 3.8) is 0 Å². The average molecular weight is 305 g/mol. The molecule has 1 N–H and O–H groups in total. The monoisotopic (exact) mass is 304 g/mol. The molecule has 0 saturated heterocycles. The zero-order valence-electron chi connectivity index (χ0n) is 10.9. The van der Waals surface area contributed by atoms with Crippen LogP contribution in [0, 0.1) is 13.8 Å². The fourth-order valence-electron chi connectivity index (χ4n) is 2.17. The van der Waals surface area contributed by atoms with Crippen LogP contribution in [0.2, 0.25) is 0 Å². The number of pyridine rings is 1. The number of rotatable bonds is 3. The first-order valence-corrected chi connectivity index (χ1v) is 6.76. The van der Waals surface area contributed by atoms with Gasteiger partial charge in [0.25, 0.3) is 0 Å². The minimum absolute atomic E-state index is 0.176. The van der Waals surface area contributed by atoms with Gasteiger partial charge in [-0.05, 0) is 49.2 Å². The van der Waals surface area contributed by atoms with E-state index in [9.17, 15) is 0 Å². The zero-order chi connectivity index (χ0) is 13.1. The smallest absolute Gasteiger partial charge is 0.0592 e. The number of hydrogen-bond acceptors (Lipinski definition) is 2. The van der Waals surface area contributed by atoms with Gasteiger partial charge in [0.2, 0.25) is 0 Å². The minimum Gasteiger partial charge on any atom is -0.309 e. The Bertz CT molecular complexity index is 552. The molecule has 0 aliphatic rings. The third kappa shape index (κ3) is 2.62. The zero-order valence-corrected chi connectivity index (χ0v) is 12.5. The lowest BCUT2D eigenvalue weighted by molar-refractivity contribution is 0.683. The minimum atomic E-state index is 0.176. The van der Waals surface area contributed by atoms with Crippen molar-refractivity contribution in [1.82, 2.24) is 10.3 Å². The molecule has 3 heteroatoms. The Balaban J connectivity index is 2.49. The van der Waals surface area contributed by atoms with Gasteiger partial charge in [-0.3, -0.25) is 4.98 Å². The van der Waals surface area contributed by atoms with E-state index in [1.807, 2.05) is 19.4 Å². The van der Waals surface area contributed by atoms with Gasteiger partial charge >= 0.3 is 0 Å². The highest BCUT2D eigenvalue weighted by Crippen LogP contribution is 2.28. The Morgan fingerprint density at radius 2 is 2.00 bits per heavy atom. The van der Waals surface area contributed by atoms with Gasteiger partial charge in [-0.1, -0.05) is 34.1 Å². The van der Waals surface area contributed by atoms with Crippen LogP contribution in [0.25, 0.3) is 0 Å².